The Balaban J connectivity index is 2.02. The van der Waals surface area contributed by atoms with Gasteiger partial charge in [-0.2, -0.15) is 0 Å². The topological polar surface area (TPSA) is 30.7 Å². The molecule has 0 saturated heterocycles. The van der Waals surface area contributed by atoms with Crippen LogP contribution in [-0.4, -0.2) is 14.5 Å². The van der Waals surface area contributed by atoms with Gasteiger partial charge in [0.25, 0.3) is 0 Å². The average molecular weight is 399 g/mol. The van der Waals surface area contributed by atoms with Crippen LogP contribution in [0.15, 0.2) is 55.0 Å². The summed E-state index contributed by atoms with van der Waals surface area (Å²) < 4.78 is 3.20. The first-order valence-corrected chi connectivity index (χ1v) is 8.65. The first-order valence-electron chi connectivity index (χ1n) is 7.13. The van der Waals surface area contributed by atoms with Crippen LogP contribution in [0.4, 0.5) is 0 Å². The van der Waals surface area contributed by atoms with E-state index in [2.05, 4.69) is 86.6 Å². The Bertz CT molecular complexity index is 988. The molecule has 3 nitrogen and oxygen atoms in total. The second kappa shape index (κ2) is 5.35. The van der Waals surface area contributed by atoms with Crippen LogP contribution in [0.25, 0.3) is 33.1 Å². The van der Waals surface area contributed by atoms with E-state index in [9.17, 15) is 0 Å². The molecule has 2 aromatic heterocycles. The summed E-state index contributed by atoms with van der Waals surface area (Å²) >= 11 is 2.38. The van der Waals surface area contributed by atoms with E-state index in [1.807, 2.05) is 0 Å². The fourth-order valence-electron chi connectivity index (χ4n) is 2.89. The molecule has 0 bridgehead atoms. The van der Waals surface area contributed by atoms with E-state index in [1.54, 1.807) is 12.4 Å². The Morgan fingerprint density at radius 3 is 2.77 bits per heavy atom. The minimum atomic E-state index is 0.944. The fourth-order valence-corrected chi connectivity index (χ4v) is 3.49. The molecule has 4 aromatic rings. The summed E-state index contributed by atoms with van der Waals surface area (Å²) in [5.41, 5.74) is 6.69. The molecule has 4 rings (SSSR count). The molecule has 0 saturated carbocycles. The Morgan fingerprint density at radius 1 is 1.05 bits per heavy atom. The summed E-state index contributed by atoms with van der Waals surface area (Å²) in [5, 5.41) is 1.27. The van der Waals surface area contributed by atoms with Crippen LogP contribution in [0.2, 0.25) is 0 Å². The van der Waals surface area contributed by atoms with E-state index in [0.717, 1.165) is 21.1 Å². The molecule has 0 spiro atoms. The molecule has 0 atom stereocenters. The molecular weight excluding hydrogens is 385 g/mol. The van der Waals surface area contributed by atoms with Crippen LogP contribution in [0, 0.1) is 6.92 Å². The van der Waals surface area contributed by atoms with Crippen LogP contribution in [0.5, 0.6) is 0 Å². The summed E-state index contributed by atoms with van der Waals surface area (Å²) in [6.45, 7) is 2.10. The van der Waals surface area contributed by atoms with Crippen LogP contribution in [0.3, 0.4) is 0 Å². The summed E-state index contributed by atoms with van der Waals surface area (Å²) in [6.07, 6.45) is 5.64. The molecule has 2 aromatic carbocycles. The molecule has 0 N–H and O–H groups in total. The van der Waals surface area contributed by atoms with Crippen molar-refractivity contribution in [2.24, 2.45) is 0 Å². The number of aromatic nitrogens is 3. The van der Waals surface area contributed by atoms with Crippen LogP contribution in [0.1, 0.15) is 5.56 Å². The standard InChI is InChI=1S/C18H14IN3/c1-12-8-15(18-16(9-12)20-5-6-21-18)14-3-2-13-4-7-22(11-19)17(13)10-14/h2-10H,11H2,1H3. The van der Waals surface area contributed by atoms with Gasteiger partial charge in [-0.15, -0.1) is 0 Å². The lowest BCUT2D eigenvalue weighted by Crippen LogP contribution is -1.91. The van der Waals surface area contributed by atoms with Gasteiger partial charge in [0.2, 0.25) is 0 Å². The lowest BCUT2D eigenvalue weighted by Gasteiger charge is -2.08. The Labute approximate surface area is 142 Å². The van der Waals surface area contributed by atoms with E-state index >= 15 is 0 Å². The molecule has 0 unspecified atom stereocenters. The molecule has 108 valence electrons. The number of hydrogen-bond donors (Lipinski definition) is 0. The van der Waals surface area contributed by atoms with Gasteiger partial charge >= 0.3 is 0 Å². The smallest absolute Gasteiger partial charge is 0.0965 e. The van der Waals surface area contributed by atoms with E-state index in [4.69, 9.17) is 0 Å². The average Bonchev–Trinajstić information content (AvgIpc) is 2.96. The monoisotopic (exact) mass is 399 g/mol. The van der Waals surface area contributed by atoms with Gasteiger partial charge in [0.1, 0.15) is 0 Å². The summed E-state index contributed by atoms with van der Waals surface area (Å²) in [6, 6.07) is 13.0. The number of fused-ring (bicyclic) bond motifs is 2. The van der Waals surface area contributed by atoms with Crippen molar-refractivity contribution in [3.05, 3.63) is 60.6 Å². The molecule has 0 fully saturated rings. The Hall–Kier alpha value is -1.95. The van der Waals surface area contributed by atoms with Gasteiger partial charge in [-0.25, -0.2) is 0 Å². The van der Waals surface area contributed by atoms with Gasteiger partial charge in [0.05, 0.1) is 15.6 Å². The Kier molecular flexibility index (Phi) is 3.33. The second-order valence-corrected chi connectivity index (χ2v) is 6.10. The highest BCUT2D eigenvalue weighted by Gasteiger charge is 2.09. The van der Waals surface area contributed by atoms with Crippen LogP contribution < -0.4 is 0 Å². The predicted octanol–water partition coefficient (Wildman–Crippen LogP) is 4.95. The number of rotatable bonds is 2. The van der Waals surface area contributed by atoms with Crippen molar-refractivity contribution < 1.29 is 0 Å². The van der Waals surface area contributed by atoms with Crippen molar-refractivity contribution in [1.29, 1.82) is 0 Å². The van der Waals surface area contributed by atoms with Crippen molar-refractivity contribution in [2.45, 2.75) is 11.5 Å². The molecule has 0 radical (unpaired) electrons. The summed E-state index contributed by atoms with van der Waals surface area (Å²) in [4.78, 5) is 8.98. The third kappa shape index (κ3) is 2.18. The van der Waals surface area contributed by atoms with Gasteiger partial charge in [-0.05, 0) is 47.7 Å². The third-order valence-corrected chi connectivity index (χ3v) is 4.67. The fraction of sp³-hybridized carbons (Fsp3) is 0.111. The third-order valence-electron chi connectivity index (χ3n) is 3.93. The molecule has 0 aliphatic carbocycles. The molecule has 0 aliphatic heterocycles. The normalized spacial score (nSPS) is 11.4. The van der Waals surface area contributed by atoms with E-state index in [1.165, 1.54) is 22.0 Å². The van der Waals surface area contributed by atoms with Crippen LogP contribution in [-0.2, 0) is 4.55 Å². The van der Waals surface area contributed by atoms with Crippen molar-refractivity contribution in [1.82, 2.24) is 14.5 Å². The maximum atomic E-state index is 4.54. The van der Waals surface area contributed by atoms with Crippen molar-refractivity contribution in [2.75, 3.05) is 0 Å². The second-order valence-electron chi connectivity index (χ2n) is 5.42. The van der Waals surface area contributed by atoms with Gasteiger partial charge in [-0.1, -0.05) is 34.7 Å². The number of hydrogen-bond acceptors (Lipinski definition) is 2. The van der Waals surface area contributed by atoms with Gasteiger partial charge in [0.15, 0.2) is 0 Å². The molecular formula is C18H14IN3. The highest BCUT2D eigenvalue weighted by Crippen LogP contribution is 2.30. The van der Waals surface area contributed by atoms with E-state index < -0.39 is 0 Å². The predicted molar refractivity (Wildman–Crippen MR) is 99.2 cm³/mol. The minimum Gasteiger partial charge on any atom is -0.338 e. The number of aryl methyl sites for hydroxylation is 1. The van der Waals surface area contributed by atoms with E-state index in [-0.39, 0.29) is 0 Å². The molecule has 22 heavy (non-hydrogen) atoms. The van der Waals surface area contributed by atoms with Crippen molar-refractivity contribution in [3.8, 4) is 11.1 Å². The molecule has 0 aliphatic rings. The largest absolute Gasteiger partial charge is 0.338 e. The van der Waals surface area contributed by atoms with Crippen molar-refractivity contribution >= 4 is 44.5 Å². The zero-order valence-electron chi connectivity index (χ0n) is 12.1. The number of nitrogens with zero attached hydrogens (tertiary/aromatic N) is 3. The number of benzene rings is 2. The maximum Gasteiger partial charge on any atom is 0.0965 e. The zero-order chi connectivity index (χ0) is 15.1. The lowest BCUT2D eigenvalue weighted by molar-refractivity contribution is 0.969. The van der Waals surface area contributed by atoms with Crippen LogP contribution >= 0.6 is 22.6 Å². The SMILES string of the molecule is Cc1cc(-c2ccc3ccn(CI)c3c2)c2nccnc2c1. The first kappa shape index (κ1) is 13.7. The highest BCUT2D eigenvalue weighted by molar-refractivity contribution is 14.1. The van der Waals surface area contributed by atoms with Crippen molar-refractivity contribution in [3.63, 3.8) is 0 Å². The first-order chi connectivity index (χ1) is 10.8. The maximum absolute atomic E-state index is 4.54. The quantitative estimate of drug-likeness (QED) is 0.353. The van der Waals surface area contributed by atoms with E-state index in [0.29, 0.717) is 0 Å². The lowest BCUT2D eigenvalue weighted by atomic mass is 10.0. The number of halogens is 1. The minimum absolute atomic E-state index is 0.944. The van der Waals surface area contributed by atoms with Gasteiger partial charge in [-0.3, -0.25) is 9.97 Å². The summed E-state index contributed by atoms with van der Waals surface area (Å²) in [5.74, 6) is 0. The van der Waals surface area contributed by atoms with Gasteiger partial charge < -0.3 is 4.57 Å². The zero-order valence-corrected chi connectivity index (χ0v) is 14.3. The molecule has 4 heteroatoms. The number of alkyl halides is 1. The summed E-state index contributed by atoms with van der Waals surface area (Å²) in [7, 11) is 0. The van der Waals surface area contributed by atoms with Gasteiger partial charge in [0, 0.05) is 29.7 Å². The highest BCUT2D eigenvalue weighted by atomic mass is 127. The Morgan fingerprint density at radius 2 is 1.91 bits per heavy atom. The molecule has 2 heterocycles. The molecule has 0 amide bonds.